The van der Waals surface area contributed by atoms with Gasteiger partial charge in [-0.2, -0.15) is 5.10 Å². The SMILES string of the molecule is COc1c(Nc2cc(Cc3cnc(C)c(C)n3)nc3c2N=C(C(F)F)C3)cccc1-c1ccn(C)n1. The number of rotatable bonds is 7. The maximum Gasteiger partial charge on any atom is 0.277 e. The van der Waals surface area contributed by atoms with Crippen molar-refractivity contribution >= 4 is 22.8 Å². The molecule has 1 aromatic carbocycles. The van der Waals surface area contributed by atoms with E-state index in [2.05, 4.69) is 30.4 Å². The highest BCUT2D eigenvalue weighted by Crippen LogP contribution is 2.41. The summed E-state index contributed by atoms with van der Waals surface area (Å²) >= 11 is 0. The third-order valence-corrected chi connectivity index (χ3v) is 6.06. The molecule has 36 heavy (non-hydrogen) atoms. The number of ether oxygens (including phenoxy) is 1. The Morgan fingerprint density at radius 3 is 2.61 bits per heavy atom. The smallest absolute Gasteiger partial charge is 0.277 e. The lowest BCUT2D eigenvalue weighted by atomic mass is 10.1. The Labute approximate surface area is 207 Å². The van der Waals surface area contributed by atoms with Gasteiger partial charge in [-0.1, -0.05) is 6.07 Å². The first kappa shape index (κ1) is 23.5. The number of alkyl halides is 2. The lowest BCUT2D eigenvalue weighted by molar-refractivity contribution is 0.224. The van der Waals surface area contributed by atoms with Gasteiger partial charge in [0.25, 0.3) is 6.43 Å². The van der Waals surface area contributed by atoms with Crippen LogP contribution in [-0.2, 0) is 19.9 Å². The summed E-state index contributed by atoms with van der Waals surface area (Å²) in [7, 11) is 3.43. The van der Waals surface area contributed by atoms with E-state index in [0.717, 1.165) is 28.3 Å². The first-order valence-electron chi connectivity index (χ1n) is 11.4. The van der Waals surface area contributed by atoms with Crippen LogP contribution in [-0.4, -0.2) is 44.0 Å². The molecule has 1 N–H and O–H groups in total. The minimum Gasteiger partial charge on any atom is -0.494 e. The first-order valence-corrected chi connectivity index (χ1v) is 11.4. The molecule has 0 amide bonds. The molecule has 0 unspecified atom stereocenters. The second kappa shape index (κ2) is 9.44. The highest BCUT2D eigenvalue weighted by Gasteiger charge is 2.27. The predicted molar refractivity (Wildman–Crippen MR) is 134 cm³/mol. The molecule has 1 aliphatic rings. The molecule has 4 aromatic rings. The monoisotopic (exact) mass is 489 g/mol. The molecule has 0 fully saturated rings. The number of aromatic nitrogens is 5. The second-order valence-electron chi connectivity index (χ2n) is 8.63. The molecule has 0 spiro atoms. The van der Waals surface area contributed by atoms with Gasteiger partial charge in [0.2, 0.25) is 0 Å². The molecule has 0 atom stereocenters. The van der Waals surface area contributed by atoms with Crippen LogP contribution in [0.4, 0.5) is 25.8 Å². The molecule has 0 aliphatic carbocycles. The summed E-state index contributed by atoms with van der Waals surface area (Å²) < 4.78 is 34.5. The van der Waals surface area contributed by atoms with Crippen LogP contribution >= 0.6 is 0 Å². The molecule has 184 valence electrons. The molecular formula is C26H25F2N7O. The molecule has 1 aliphatic heterocycles. The average molecular weight is 490 g/mol. The van der Waals surface area contributed by atoms with E-state index in [1.54, 1.807) is 18.0 Å². The molecule has 5 rings (SSSR count). The van der Waals surface area contributed by atoms with Gasteiger partial charge in [-0.3, -0.25) is 19.6 Å². The minimum absolute atomic E-state index is 0.000760. The van der Waals surface area contributed by atoms with E-state index in [0.29, 0.717) is 40.6 Å². The van der Waals surface area contributed by atoms with E-state index in [1.807, 2.05) is 57.4 Å². The van der Waals surface area contributed by atoms with E-state index in [4.69, 9.17) is 4.74 Å². The zero-order chi connectivity index (χ0) is 25.4. The molecule has 3 aromatic heterocycles. The largest absolute Gasteiger partial charge is 0.494 e. The van der Waals surface area contributed by atoms with Crippen molar-refractivity contribution in [2.75, 3.05) is 12.4 Å². The summed E-state index contributed by atoms with van der Waals surface area (Å²) in [6, 6.07) is 9.38. The van der Waals surface area contributed by atoms with Gasteiger partial charge in [-0.25, -0.2) is 13.8 Å². The fourth-order valence-electron chi connectivity index (χ4n) is 4.19. The van der Waals surface area contributed by atoms with Crippen LogP contribution in [0, 0.1) is 13.8 Å². The predicted octanol–water partition coefficient (Wildman–Crippen LogP) is 5.13. The van der Waals surface area contributed by atoms with Gasteiger partial charge in [0.15, 0.2) is 5.75 Å². The Hall–Kier alpha value is -4.21. The molecular weight excluding hydrogens is 464 g/mol. The molecule has 0 radical (unpaired) electrons. The van der Waals surface area contributed by atoms with Gasteiger partial charge in [-0.05, 0) is 38.1 Å². The van der Waals surface area contributed by atoms with Crippen LogP contribution in [0.3, 0.4) is 0 Å². The minimum atomic E-state index is -2.65. The summed E-state index contributed by atoms with van der Waals surface area (Å²) in [4.78, 5) is 17.8. The van der Waals surface area contributed by atoms with Crippen molar-refractivity contribution in [2.24, 2.45) is 12.0 Å². The van der Waals surface area contributed by atoms with Crippen molar-refractivity contribution in [1.29, 1.82) is 0 Å². The third kappa shape index (κ3) is 4.53. The van der Waals surface area contributed by atoms with Gasteiger partial charge in [0, 0.05) is 43.5 Å². The number of fused-ring (bicyclic) bond motifs is 1. The summed E-state index contributed by atoms with van der Waals surface area (Å²) in [5.41, 5.74) is 6.62. The van der Waals surface area contributed by atoms with Gasteiger partial charge in [0.1, 0.15) is 5.69 Å². The van der Waals surface area contributed by atoms with Crippen LogP contribution < -0.4 is 10.1 Å². The summed E-state index contributed by atoms with van der Waals surface area (Å²) in [5.74, 6) is 0.583. The third-order valence-electron chi connectivity index (χ3n) is 6.06. The molecule has 0 bridgehead atoms. The molecule has 0 saturated carbocycles. The number of nitrogens with one attached hydrogen (secondary N) is 1. The first-order chi connectivity index (χ1) is 17.3. The second-order valence-corrected chi connectivity index (χ2v) is 8.63. The fraction of sp³-hybridized carbons (Fsp3) is 0.269. The van der Waals surface area contributed by atoms with Crippen molar-refractivity contribution in [3.63, 3.8) is 0 Å². The summed E-state index contributed by atoms with van der Waals surface area (Å²) in [6.45, 7) is 3.80. The lowest BCUT2D eigenvalue weighted by Crippen LogP contribution is -2.10. The van der Waals surface area contributed by atoms with Crippen LogP contribution in [0.2, 0.25) is 0 Å². The van der Waals surface area contributed by atoms with Crippen molar-refractivity contribution < 1.29 is 13.5 Å². The number of methoxy groups -OCH3 is 1. The zero-order valence-corrected chi connectivity index (χ0v) is 20.4. The van der Waals surface area contributed by atoms with Gasteiger partial charge in [0.05, 0.1) is 52.7 Å². The lowest BCUT2D eigenvalue weighted by Gasteiger charge is -2.16. The quantitative estimate of drug-likeness (QED) is 0.387. The number of para-hydroxylation sites is 1. The Morgan fingerprint density at radius 1 is 1.08 bits per heavy atom. The number of benzene rings is 1. The van der Waals surface area contributed by atoms with E-state index in [-0.39, 0.29) is 12.1 Å². The number of nitrogens with zero attached hydrogens (tertiary/aromatic N) is 6. The maximum atomic E-state index is 13.5. The number of hydrogen-bond donors (Lipinski definition) is 1. The molecule has 8 nitrogen and oxygen atoms in total. The van der Waals surface area contributed by atoms with Crippen molar-refractivity contribution in [3.05, 3.63) is 71.2 Å². The average Bonchev–Trinajstić information content (AvgIpc) is 3.48. The van der Waals surface area contributed by atoms with Crippen molar-refractivity contribution in [1.82, 2.24) is 24.7 Å². The van der Waals surface area contributed by atoms with Crippen LogP contribution in [0.5, 0.6) is 5.75 Å². The molecule has 10 heteroatoms. The van der Waals surface area contributed by atoms with E-state index in [9.17, 15) is 8.78 Å². The van der Waals surface area contributed by atoms with Gasteiger partial charge < -0.3 is 10.1 Å². The molecule has 4 heterocycles. The highest BCUT2D eigenvalue weighted by atomic mass is 19.3. The maximum absolute atomic E-state index is 13.5. The normalized spacial score (nSPS) is 12.6. The van der Waals surface area contributed by atoms with E-state index in [1.165, 1.54) is 0 Å². The topological polar surface area (TPSA) is 90.1 Å². The standard InChI is InChI=1S/C26H25F2N7O/c1-14-15(2)30-17(13-29-14)10-16-11-21(24-22(31-16)12-23(33-24)26(27)28)32-20-7-5-6-18(25(20)36-4)19-8-9-35(3)34-19/h5-9,11,13,26H,10,12H2,1-4H3,(H,31,32). The Morgan fingerprint density at radius 2 is 1.92 bits per heavy atom. The Balaban J connectivity index is 1.56. The summed E-state index contributed by atoms with van der Waals surface area (Å²) in [5, 5.41) is 7.84. The number of pyridine rings is 1. The van der Waals surface area contributed by atoms with Gasteiger partial charge in [-0.15, -0.1) is 0 Å². The van der Waals surface area contributed by atoms with Crippen LogP contribution in [0.25, 0.3) is 11.3 Å². The van der Waals surface area contributed by atoms with E-state index >= 15 is 0 Å². The Bertz CT molecular complexity index is 1480. The van der Waals surface area contributed by atoms with Gasteiger partial charge >= 0.3 is 0 Å². The highest BCUT2D eigenvalue weighted by molar-refractivity contribution is 5.98. The van der Waals surface area contributed by atoms with Crippen LogP contribution in [0.1, 0.15) is 28.5 Å². The number of aliphatic imine (C=N–C) groups is 1. The number of anilines is 2. The fourth-order valence-corrected chi connectivity index (χ4v) is 4.19. The van der Waals surface area contributed by atoms with Crippen LogP contribution in [0.15, 0.2) is 47.7 Å². The van der Waals surface area contributed by atoms with Crippen molar-refractivity contribution in [2.45, 2.75) is 33.1 Å². The summed E-state index contributed by atoms with van der Waals surface area (Å²) in [6.07, 6.45) is 1.32. The van der Waals surface area contributed by atoms with E-state index < -0.39 is 6.43 Å². The molecule has 0 saturated heterocycles. The zero-order valence-electron chi connectivity index (χ0n) is 20.4. The number of hydrogen-bond acceptors (Lipinski definition) is 7. The Kier molecular flexibility index (Phi) is 6.17. The number of halogens is 2. The van der Waals surface area contributed by atoms with Crippen molar-refractivity contribution in [3.8, 4) is 17.0 Å². The number of aryl methyl sites for hydroxylation is 3.